The number of phenols is 2. The molecule has 6 heteroatoms. The molecule has 1 spiro atoms. The van der Waals surface area contributed by atoms with Gasteiger partial charge < -0.3 is 19.7 Å². The summed E-state index contributed by atoms with van der Waals surface area (Å²) < 4.78 is 11.6. The fourth-order valence-corrected chi connectivity index (χ4v) is 4.01. The van der Waals surface area contributed by atoms with Crippen LogP contribution in [0.3, 0.4) is 0 Å². The van der Waals surface area contributed by atoms with Crippen LogP contribution in [0.15, 0.2) is 34.6 Å². The van der Waals surface area contributed by atoms with E-state index in [0.29, 0.717) is 16.9 Å². The lowest BCUT2D eigenvalue weighted by molar-refractivity contribution is -0.160. The van der Waals surface area contributed by atoms with E-state index >= 15 is 0 Å². The zero-order valence-electron chi connectivity index (χ0n) is 19.0. The van der Waals surface area contributed by atoms with Crippen molar-refractivity contribution >= 4 is 11.6 Å². The van der Waals surface area contributed by atoms with Gasteiger partial charge in [0.05, 0.1) is 6.42 Å². The van der Waals surface area contributed by atoms with Gasteiger partial charge >= 0.3 is 5.79 Å². The molecule has 0 aliphatic carbocycles. The first-order valence-electron chi connectivity index (χ1n) is 10.5. The van der Waals surface area contributed by atoms with Crippen LogP contribution in [0.2, 0.25) is 0 Å². The molecular weight excluding hydrogens is 396 g/mol. The lowest BCUT2D eigenvalue weighted by atomic mass is 9.93. The fourth-order valence-electron chi connectivity index (χ4n) is 4.01. The van der Waals surface area contributed by atoms with Crippen LogP contribution in [0.4, 0.5) is 0 Å². The van der Waals surface area contributed by atoms with Crippen LogP contribution in [0.1, 0.15) is 75.9 Å². The normalized spacial score (nSPS) is 20.1. The molecular formula is C25H30O6. The van der Waals surface area contributed by atoms with Gasteiger partial charge in [-0.2, -0.15) is 0 Å². The van der Waals surface area contributed by atoms with Crippen LogP contribution >= 0.6 is 0 Å². The number of ketones is 2. The number of allylic oxidation sites excluding steroid dienone is 5. The minimum absolute atomic E-state index is 0.0198. The summed E-state index contributed by atoms with van der Waals surface area (Å²) in [5.41, 5.74) is 3.33. The summed E-state index contributed by atoms with van der Waals surface area (Å²) in [5, 5.41) is 21.8. The van der Waals surface area contributed by atoms with Crippen molar-refractivity contribution in [2.45, 2.75) is 73.0 Å². The van der Waals surface area contributed by atoms with E-state index in [2.05, 4.69) is 19.9 Å². The quantitative estimate of drug-likeness (QED) is 0.488. The highest BCUT2D eigenvalue weighted by molar-refractivity contribution is 6.06. The van der Waals surface area contributed by atoms with E-state index < -0.39 is 11.6 Å². The molecule has 6 nitrogen and oxygen atoms in total. The molecule has 0 fully saturated rings. The molecule has 1 aromatic carbocycles. The Morgan fingerprint density at radius 2 is 1.74 bits per heavy atom. The molecule has 1 atom stereocenters. The molecule has 2 aliphatic heterocycles. The molecule has 0 radical (unpaired) electrons. The predicted molar refractivity (Wildman–Crippen MR) is 117 cm³/mol. The standard InChI is InChI=1S/C25H30O6/c1-13(2)8-7-9-14(3)10-11-18-21(27)19-12-25(24(29)15(4)17(6)30-25)31-23(19)20(16(5)26)22(18)28/h8,10,27-28H,7,9,11-12H2,1-6H3. The van der Waals surface area contributed by atoms with Crippen molar-refractivity contribution < 1.29 is 29.3 Å². The van der Waals surface area contributed by atoms with Gasteiger partial charge in [-0.25, -0.2) is 0 Å². The largest absolute Gasteiger partial charge is 0.507 e. The first-order valence-corrected chi connectivity index (χ1v) is 10.5. The van der Waals surface area contributed by atoms with Crippen molar-refractivity contribution in [3.63, 3.8) is 0 Å². The number of aromatic hydroxyl groups is 2. The van der Waals surface area contributed by atoms with E-state index in [-0.39, 0.29) is 47.0 Å². The van der Waals surface area contributed by atoms with Gasteiger partial charge in [0.2, 0.25) is 5.78 Å². The number of rotatable bonds is 6. The number of fused-ring (bicyclic) bond motifs is 1. The van der Waals surface area contributed by atoms with Crippen molar-refractivity contribution in [1.29, 1.82) is 0 Å². The number of carbonyl (C=O) groups is 2. The van der Waals surface area contributed by atoms with Crippen LogP contribution < -0.4 is 4.74 Å². The van der Waals surface area contributed by atoms with Crippen molar-refractivity contribution in [3.05, 3.63) is 51.3 Å². The monoisotopic (exact) mass is 426 g/mol. The first-order chi connectivity index (χ1) is 14.5. The molecule has 2 heterocycles. The van der Waals surface area contributed by atoms with Crippen molar-refractivity contribution in [1.82, 2.24) is 0 Å². The Hall–Kier alpha value is -3.02. The highest BCUT2D eigenvalue weighted by atomic mass is 16.7. The summed E-state index contributed by atoms with van der Waals surface area (Å²) >= 11 is 0. The van der Waals surface area contributed by atoms with E-state index in [1.165, 1.54) is 12.5 Å². The second-order valence-corrected chi connectivity index (χ2v) is 8.63. The molecule has 1 unspecified atom stereocenters. The predicted octanol–water partition coefficient (Wildman–Crippen LogP) is 5.06. The van der Waals surface area contributed by atoms with Crippen LogP contribution in [0, 0.1) is 0 Å². The number of hydrogen-bond donors (Lipinski definition) is 2. The van der Waals surface area contributed by atoms with E-state index in [1.807, 2.05) is 13.0 Å². The van der Waals surface area contributed by atoms with Crippen LogP contribution in [-0.2, 0) is 22.4 Å². The van der Waals surface area contributed by atoms with Gasteiger partial charge in [0.1, 0.15) is 28.6 Å². The van der Waals surface area contributed by atoms with E-state index in [1.54, 1.807) is 13.8 Å². The maximum atomic E-state index is 12.8. The van der Waals surface area contributed by atoms with Crippen molar-refractivity contribution in [3.8, 4) is 17.2 Å². The van der Waals surface area contributed by atoms with Gasteiger partial charge in [-0.05, 0) is 60.8 Å². The van der Waals surface area contributed by atoms with Gasteiger partial charge in [0.15, 0.2) is 5.78 Å². The zero-order chi connectivity index (χ0) is 23.1. The topological polar surface area (TPSA) is 93.1 Å². The summed E-state index contributed by atoms with van der Waals surface area (Å²) in [5.74, 6) is -2.40. The SMILES string of the molecule is CC(=O)c1c(O)c(CC=C(C)CCC=C(C)C)c(O)c2c1OC1(C2)OC(C)=C(C)C1=O. The first kappa shape index (κ1) is 22.7. The van der Waals surface area contributed by atoms with Gasteiger partial charge in [0.25, 0.3) is 0 Å². The molecule has 1 aromatic rings. The van der Waals surface area contributed by atoms with Crippen LogP contribution in [0.25, 0.3) is 0 Å². The Kier molecular flexibility index (Phi) is 6.03. The Bertz CT molecular complexity index is 1050. The number of Topliss-reactive ketones (excluding diaryl/α,β-unsaturated/α-hetero) is 2. The summed E-state index contributed by atoms with van der Waals surface area (Å²) in [4.78, 5) is 25.1. The number of benzene rings is 1. The molecule has 0 bridgehead atoms. The minimum Gasteiger partial charge on any atom is -0.507 e. The van der Waals surface area contributed by atoms with Gasteiger partial charge in [-0.15, -0.1) is 0 Å². The molecule has 0 saturated carbocycles. The third-order valence-electron chi connectivity index (χ3n) is 5.90. The average molecular weight is 427 g/mol. The van der Waals surface area contributed by atoms with E-state index in [0.717, 1.165) is 18.4 Å². The molecule has 0 saturated heterocycles. The maximum absolute atomic E-state index is 12.8. The van der Waals surface area contributed by atoms with E-state index in [9.17, 15) is 19.8 Å². The van der Waals surface area contributed by atoms with Gasteiger partial charge in [-0.1, -0.05) is 23.3 Å². The van der Waals surface area contributed by atoms with Crippen LogP contribution in [-0.4, -0.2) is 27.6 Å². The van der Waals surface area contributed by atoms with Crippen molar-refractivity contribution in [2.24, 2.45) is 0 Å². The third-order valence-corrected chi connectivity index (χ3v) is 5.90. The molecule has 0 aromatic heterocycles. The summed E-state index contributed by atoms with van der Waals surface area (Å²) in [6, 6.07) is 0. The summed E-state index contributed by atoms with van der Waals surface area (Å²) in [7, 11) is 0. The molecule has 2 N–H and O–H groups in total. The van der Waals surface area contributed by atoms with Gasteiger partial charge in [-0.3, -0.25) is 9.59 Å². The molecule has 0 amide bonds. The second kappa shape index (κ2) is 8.25. The highest BCUT2D eigenvalue weighted by Gasteiger charge is 2.55. The maximum Gasteiger partial charge on any atom is 0.319 e. The highest BCUT2D eigenvalue weighted by Crippen LogP contribution is 2.52. The minimum atomic E-state index is -1.63. The number of carbonyl (C=O) groups excluding carboxylic acids is 2. The number of phenolic OH excluding ortho intramolecular Hbond substituents is 2. The number of ether oxygens (including phenoxy) is 2. The lowest BCUT2D eigenvalue weighted by Gasteiger charge is -2.22. The Morgan fingerprint density at radius 3 is 2.29 bits per heavy atom. The third kappa shape index (κ3) is 3.99. The molecule has 166 valence electrons. The molecule has 3 rings (SSSR count). The molecule has 31 heavy (non-hydrogen) atoms. The smallest absolute Gasteiger partial charge is 0.319 e. The molecule has 2 aliphatic rings. The second-order valence-electron chi connectivity index (χ2n) is 8.63. The van der Waals surface area contributed by atoms with Gasteiger partial charge in [0, 0.05) is 16.7 Å². The Labute approximate surface area is 182 Å². The van der Waals surface area contributed by atoms with Crippen LogP contribution in [0.5, 0.6) is 17.2 Å². The summed E-state index contributed by atoms with van der Waals surface area (Å²) in [6.07, 6.45) is 6.08. The number of hydrogen-bond acceptors (Lipinski definition) is 6. The van der Waals surface area contributed by atoms with Crippen molar-refractivity contribution in [2.75, 3.05) is 0 Å². The fraction of sp³-hybridized carbons (Fsp3) is 0.440. The Morgan fingerprint density at radius 1 is 1.06 bits per heavy atom. The average Bonchev–Trinajstić information content (AvgIpc) is 3.14. The lowest BCUT2D eigenvalue weighted by Crippen LogP contribution is -2.42. The van der Waals surface area contributed by atoms with E-state index in [4.69, 9.17) is 9.47 Å². The zero-order valence-corrected chi connectivity index (χ0v) is 19.0. The Balaban J connectivity index is 1.98. The summed E-state index contributed by atoms with van der Waals surface area (Å²) in [6.45, 7) is 10.7.